The van der Waals surface area contributed by atoms with Gasteiger partial charge in [-0.25, -0.2) is 0 Å². The van der Waals surface area contributed by atoms with Crippen molar-refractivity contribution < 1.29 is 23.8 Å². The highest BCUT2D eigenvalue weighted by Gasteiger charge is 2.17. The first-order chi connectivity index (χ1) is 14.8. The molecule has 11 heteroatoms. The first kappa shape index (κ1) is 21.0. The van der Waals surface area contributed by atoms with Crippen molar-refractivity contribution in [3.05, 3.63) is 91.4 Å². The number of amides is 1. The van der Waals surface area contributed by atoms with Gasteiger partial charge >= 0.3 is 0 Å². The zero-order valence-electron chi connectivity index (χ0n) is 16.0. The van der Waals surface area contributed by atoms with Gasteiger partial charge in [-0.3, -0.25) is 25.0 Å². The molecule has 0 saturated heterocycles. The summed E-state index contributed by atoms with van der Waals surface area (Å²) in [5.74, 6) is 0.0175. The van der Waals surface area contributed by atoms with E-state index in [1.54, 1.807) is 13.0 Å². The van der Waals surface area contributed by atoms with Crippen LogP contribution in [0.2, 0.25) is 0 Å². The van der Waals surface area contributed by atoms with E-state index in [0.717, 1.165) is 6.07 Å². The van der Waals surface area contributed by atoms with Crippen molar-refractivity contribution >= 4 is 23.0 Å². The van der Waals surface area contributed by atoms with Crippen molar-refractivity contribution in [2.75, 3.05) is 5.32 Å². The van der Waals surface area contributed by atoms with Gasteiger partial charge in [0.15, 0.2) is 5.76 Å². The SMILES string of the molecule is Cc1cc(OCc2ccc(C(=O)Nc3ccc([N+](=O)[O-])cc3C#N)o2)ccc1[N+](=O)[O-]. The summed E-state index contributed by atoms with van der Waals surface area (Å²) in [6, 6.07) is 12.5. The number of nitro groups is 2. The second-order valence-electron chi connectivity index (χ2n) is 6.31. The molecule has 3 aromatic rings. The number of furan rings is 1. The van der Waals surface area contributed by atoms with Crippen molar-refractivity contribution in [2.45, 2.75) is 13.5 Å². The van der Waals surface area contributed by atoms with E-state index < -0.39 is 15.8 Å². The minimum Gasteiger partial charge on any atom is -0.486 e. The molecule has 0 radical (unpaired) electrons. The number of hydrogen-bond donors (Lipinski definition) is 1. The zero-order valence-corrected chi connectivity index (χ0v) is 16.0. The molecule has 0 aliphatic rings. The van der Waals surface area contributed by atoms with E-state index in [-0.39, 0.29) is 35.0 Å². The van der Waals surface area contributed by atoms with Crippen molar-refractivity contribution in [1.82, 2.24) is 0 Å². The van der Waals surface area contributed by atoms with Crippen LogP contribution in [0.25, 0.3) is 0 Å². The highest BCUT2D eigenvalue weighted by molar-refractivity contribution is 6.03. The molecule has 31 heavy (non-hydrogen) atoms. The summed E-state index contributed by atoms with van der Waals surface area (Å²) in [5, 5.41) is 33.3. The second-order valence-corrected chi connectivity index (χ2v) is 6.31. The molecule has 0 fully saturated rings. The summed E-state index contributed by atoms with van der Waals surface area (Å²) in [6.07, 6.45) is 0. The van der Waals surface area contributed by atoms with E-state index in [1.165, 1.54) is 42.5 Å². The number of ether oxygens (including phenoxy) is 1. The minimum atomic E-state index is -0.650. The fourth-order valence-electron chi connectivity index (χ4n) is 2.69. The molecule has 0 atom stereocenters. The van der Waals surface area contributed by atoms with Gasteiger partial charge in [0.25, 0.3) is 17.3 Å². The van der Waals surface area contributed by atoms with Crippen LogP contribution in [0.15, 0.2) is 52.9 Å². The molecule has 1 heterocycles. The maximum absolute atomic E-state index is 12.4. The molecule has 1 N–H and O–H groups in total. The van der Waals surface area contributed by atoms with Crippen molar-refractivity contribution in [2.24, 2.45) is 0 Å². The summed E-state index contributed by atoms with van der Waals surface area (Å²) in [6.45, 7) is 1.57. The first-order valence-corrected chi connectivity index (χ1v) is 8.75. The third-order valence-corrected chi connectivity index (χ3v) is 4.21. The van der Waals surface area contributed by atoms with Gasteiger partial charge in [0.05, 0.1) is 21.1 Å². The molecule has 3 rings (SSSR count). The number of anilines is 1. The van der Waals surface area contributed by atoms with Gasteiger partial charge in [0.2, 0.25) is 0 Å². The van der Waals surface area contributed by atoms with Crippen LogP contribution in [-0.4, -0.2) is 15.8 Å². The van der Waals surface area contributed by atoms with E-state index in [0.29, 0.717) is 17.1 Å². The molecule has 0 spiro atoms. The number of non-ortho nitro benzene ring substituents is 1. The lowest BCUT2D eigenvalue weighted by Crippen LogP contribution is -2.12. The van der Waals surface area contributed by atoms with Gasteiger partial charge in [-0.1, -0.05) is 0 Å². The van der Waals surface area contributed by atoms with E-state index in [2.05, 4.69) is 5.32 Å². The van der Waals surface area contributed by atoms with Gasteiger partial charge in [-0.05, 0) is 37.3 Å². The number of hydrogen-bond acceptors (Lipinski definition) is 8. The molecule has 1 amide bonds. The highest BCUT2D eigenvalue weighted by atomic mass is 16.6. The minimum absolute atomic E-state index is 0.0210. The third kappa shape index (κ3) is 4.83. The molecular weight excluding hydrogens is 408 g/mol. The average molecular weight is 422 g/mol. The van der Waals surface area contributed by atoms with Gasteiger partial charge in [0.1, 0.15) is 24.2 Å². The summed E-state index contributed by atoms with van der Waals surface area (Å²) in [4.78, 5) is 32.9. The van der Waals surface area contributed by atoms with Crippen LogP contribution >= 0.6 is 0 Å². The topological polar surface area (TPSA) is 162 Å². The fraction of sp³-hybridized carbons (Fsp3) is 0.100. The first-order valence-electron chi connectivity index (χ1n) is 8.75. The molecular formula is C20H14N4O7. The molecule has 0 unspecified atom stereocenters. The van der Waals surface area contributed by atoms with Crippen LogP contribution in [0.4, 0.5) is 17.1 Å². The molecule has 0 saturated carbocycles. The van der Waals surface area contributed by atoms with Gasteiger partial charge < -0.3 is 14.5 Å². The van der Waals surface area contributed by atoms with Crippen LogP contribution in [0.1, 0.15) is 27.4 Å². The number of nitriles is 1. The maximum atomic E-state index is 12.4. The van der Waals surface area contributed by atoms with Crippen LogP contribution in [0.5, 0.6) is 5.75 Å². The Kier molecular flexibility index (Phi) is 5.92. The van der Waals surface area contributed by atoms with Crippen LogP contribution < -0.4 is 10.1 Å². The molecule has 11 nitrogen and oxygen atoms in total. The molecule has 156 valence electrons. The van der Waals surface area contributed by atoms with E-state index >= 15 is 0 Å². The Balaban J connectivity index is 1.66. The van der Waals surface area contributed by atoms with E-state index in [9.17, 15) is 25.0 Å². The average Bonchev–Trinajstić information content (AvgIpc) is 3.21. The maximum Gasteiger partial charge on any atom is 0.291 e. The number of carbonyl (C=O) groups excluding carboxylic acids is 1. The second kappa shape index (κ2) is 8.75. The number of nitrogens with zero attached hydrogens (tertiary/aromatic N) is 3. The summed E-state index contributed by atoms with van der Waals surface area (Å²) in [5.41, 5.74) is 0.194. The van der Waals surface area contributed by atoms with E-state index in [1.807, 2.05) is 0 Å². The van der Waals surface area contributed by atoms with Gasteiger partial charge in [0, 0.05) is 23.8 Å². The Morgan fingerprint density at radius 2 is 1.90 bits per heavy atom. The molecule has 1 aromatic heterocycles. The molecule has 0 bridgehead atoms. The van der Waals surface area contributed by atoms with Gasteiger partial charge in [-0.2, -0.15) is 5.26 Å². The Morgan fingerprint density at radius 3 is 2.55 bits per heavy atom. The van der Waals surface area contributed by atoms with Crippen LogP contribution in [-0.2, 0) is 6.61 Å². The number of nitrogens with one attached hydrogen (secondary N) is 1. The summed E-state index contributed by atoms with van der Waals surface area (Å²) < 4.78 is 11.0. The largest absolute Gasteiger partial charge is 0.486 e. The predicted octanol–water partition coefficient (Wildman–Crippen LogP) is 4.11. The number of nitro benzene ring substituents is 2. The quantitative estimate of drug-likeness (QED) is 0.439. The van der Waals surface area contributed by atoms with Crippen molar-refractivity contribution in [3.8, 4) is 11.8 Å². The van der Waals surface area contributed by atoms with Crippen molar-refractivity contribution in [3.63, 3.8) is 0 Å². The molecule has 2 aromatic carbocycles. The molecule has 0 aliphatic heterocycles. The number of rotatable bonds is 7. The highest BCUT2D eigenvalue weighted by Crippen LogP contribution is 2.25. The lowest BCUT2D eigenvalue weighted by molar-refractivity contribution is -0.385. The Bertz CT molecular complexity index is 1230. The summed E-state index contributed by atoms with van der Waals surface area (Å²) in [7, 11) is 0. The molecule has 0 aliphatic carbocycles. The van der Waals surface area contributed by atoms with Crippen LogP contribution in [0.3, 0.4) is 0 Å². The number of carbonyl (C=O) groups is 1. The number of benzene rings is 2. The predicted molar refractivity (Wildman–Crippen MR) is 107 cm³/mol. The number of aryl methyl sites for hydroxylation is 1. The van der Waals surface area contributed by atoms with Gasteiger partial charge in [-0.15, -0.1) is 0 Å². The Labute approximate surface area is 174 Å². The normalized spacial score (nSPS) is 10.2. The lowest BCUT2D eigenvalue weighted by Gasteiger charge is -2.06. The zero-order chi connectivity index (χ0) is 22.5. The monoisotopic (exact) mass is 422 g/mol. The lowest BCUT2D eigenvalue weighted by atomic mass is 10.1. The van der Waals surface area contributed by atoms with Crippen LogP contribution in [0, 0.1) is 38.5 Å². The Hall–Kier alpha value is -4.72. The Morgan fingerprint density at radius 1 is 1.13 bits per heavy atom. The van der Waals surface area contributed by atoms with E-state index in [4.69, 9.17) is 14.4 Å². The third-order valence-electron chi connectivity index (χ3n) is 4.21. The summed E-state index contributed by atoms with van der Waals surface area (Å²) >= 11 is 0. The van der Waals surface area contributed by atoms with Crippen molar-refractivity contribution in [1.29, 1.82) is 5.26 Å². The smallest absolute Gasteiger partial charge is 0.291 e. The fourth-order valence-corrected chi connectivity index (χ4v) is 2.69. The standard InChI is InChI=1S/C20H14N4O7/c1-12-8-15(3-6-18(12)24(28)29)30-11-16-4-7-19(31-16)20(25)22-17-5-2-14(23(26)27)9-13(17)10-21/h2-9H,11H2,1H3,(H,22,25).